The predicted molar refractivity (Wildman–Crippen MR) is 154 cm³/mol. The molecule has 1 saturated heterocycles. The van der Waals surface area contributed by atoms with Gasteiger partial charge in [-0.05, 0) is 72.4 Å². The van der Waals surface area contributed by atoms with E-state index < -0.39 is 20.4 Å². The van der Waals surface area contributed by atoms with E-state index in [1.807, 2.05) is 31.2 Å². The summed E-state index contributed by atoms with van der Waals surface area (Å²) in [6, 6.07) is 24.7. The highest BCUT2D eigenvalue weighted by molar-refractivity contribution is 6.59. The quantitative estimate of drug-likeness (QED) is 0.171. The summed E-state index contributed by atoms with van der Waals surface area (Å²) >= 11 is 0. The molecule has 1 heterocycles. The van der Waals surface area contributed by atoms with Crippen LogP contribution in [0.15, 0.2) is 60.7 Å². The first-order valence-electron chi connectivity index (χ1n) is 14.4. The molecule has 0 atom stereocenters. The molecule has 0 aromatic heterocycles. The standard InChI is InChI=1S/C33H42F2OSi/c1-3-5-8-22-37-23-19-27(20-24-37)26-14-11-25(12-15-26)13-16-28-9-6-7-10-29(28)30-17-18-31(36-21-4-2)33(35)32(30)34/h6-7,9-12,14-15,17-18,27,37H,3-5,8,13,16,19-24H2,1-2H3. The van der Waals surface area contributed by atoms with Crippen molar-refractivity contribution in [2.45, 2.75) is 89.3 Å². The number of unbranched alkanes of at least 4 members (excludes halogenated alkanes) is 2. The second-order valence-electron chi connectivity index (χ2n) is 10.7. The molecule has 0 amide bonds. The van der Waals surface area contributed by atoms with Crippen LogP contribution in [0.5, 0.6) is 5.75 Å². The summed E-state index contributed by atoms with van der Waals surface area (Å²) in [7, 11) is -0.479. The number of halogens is 2. The van der Waals surface area contributed by atoms with Gasteiger partial charge in [0.05, 0.1) is 6.61 Å². The van der Waals surface area contributed by atoms with Crippen LogP contribution >= 0.6 is 0 Å². The first kappa shape index (κ1) is 27.6. The summed E-state index contributed by atoms with van der Waals surface area (Å²) in [6.07, 6.45) is 9.34. The minimum Gasteiger partial charge on any atom is -0.490 e. The van der Waals surface area contributed by atoms with Gasteiger partial charge in [0.25, 0.3) is 0 Å². The van der Waals surface area contributed by atoms with Gasteiger partial charge in [0.2, 0.25) is 5.82 Å². The number of ether oxygens (including phenoxy) is 1. The number of rotatable bonds is 12. The van der Waals surface area contributed by atoms with E-state index in [0.717, 1.165) is 36.3 Å². The Bertz CT molecular complexity index is 1120. The van der Waals surface area contributed by atoms with Gasteiger partial charge < -0.3 is 4.74 Å². The summed E-state index contributed by atoms with van der Waals surface area (Å²) in [6.45, 7) is 4.60. The molecule has 1 fully saturated rings. The molecule has 3 aromatic carbocycles. The molecule has 1 aliphatic heterocycles. The maximum absolute atomic E-state index is 15.0. The Morgan fingerprint density at radius 1 is 0.784 bits per heavy atom. The zero-order valence-electron chi connectivity index (χ0n) is 22.6. The Labute approximate surface area is 223 Å². The Kier molecular flexibility index (Phi) is 10.4. The average molecular weight is 521 g/mol. The van der Waals surface area contributed by atoms with E-state index >= 15 is 0 Å². The number of benzene rings is 3. The highest BCUT2D eigenvalue weighted by Gasteiger charge is 2.23. The van der Waals surface area contributed by atoms with Crippen LogP contribution in [0.4, 0.5) is 8.78 Å². The lowest BCUT2D eigenvalue weighted by molar-refractivity contribution is 0.295. The van der Waals surface area contributed by atoms with Gasteiger partial charge in [-0.2, -0.15) is 4.39 Å². The molecule has 3 aromatic rings. The van der Waals surface area contributed by atoms with Crippen LogP contribution in [-0.2, 0) is 12.8 Å². The van der Waals surface area contributed by atoms with Gasteiger partial charge in [-0.25, -0.2) is 4.39 Å². The van der Waals surface area contributed by atoms with E-state index in [2.05, 4.69) is 31.2 Å². The second-order valence-corrected chi connectivity index (χ2v) is 14.2. The first-order chi connectivity index (χ1) is 18.1. The molecule has 1 aliphatic rings. The van der Waals surface area contributed by atoms with Crippen LogP contribution in [0.1, 0.15) is 75.0 Å². The third-order valence-corrected chi connectivity index (χ3v) is 11.5. The van der Waals surface area contributed by atoms with E-state index in [1.165, 1.54) is 55.3 Å². The molecule has 0 radical (unpaired) electrons. The molecule has 0 saturated carbocycles. The molecule has 4 heteroatoms. The van der Waals surface area contributed by atoms with E-state index in [9.17, 15) is 8.78 Å². The summed E-state index contributed by atoms with van der Waals surface area (Å²) in [5, 5.41) is 0. The molecule has 0 N–H and O–H groups in total. The van der Waals surface area contributed by atoms with Crippen molar-refractivity contribution in [3.05, 3.63) is 89.0 Å². The monoisotopic (exact) mass is 520 g/mol. The lowest BCUT2D eigenvalue weighted by Gasteiger charge is -2.28. The molecule has 0 unspecified atom stereocenters. The van der Waals surface area contributed by atoms with Gasteiger partial charge in [0, 0.05) is 14.4 Å². The van der Waals surface area contributed by atoms with Gasteiger partial charge in [-0.15, -0.1) is 0 Å². The summed E-state index contributed by atoms with van der Waals surface area (Å²) in [5.74, 6) is -1.04. The van der Waals surface area contributed by atoms with Gasteiger partial charge in [-0.1, -0.05) is 99.8 Å². The third-order valence-electron chi connectivity index (χ3n) is 8.01. The molecule has 198 valence electrons. The fourth-order valence-corrected chi connectivity index (χ4v) is 9.25. The minimum absolute atomic E-state index is 0.0204. The van der Waals surface area contributed by atoms with Crippen molar-refractivity contribution < 1.29 is 13.5 Å². The van der Waals surface area contributed by atoms with Crippen LogP contribution in [0.3, 0.4) is 0 Å². The summed E-state index contributed by atoms with van der Waals surface area (Å²) in [4.78, 5) is 0. The fraction of sp³-hybridized carbons (Fsp3) is 0.455. The fourth-order valence-electron chi connectivity index (χ4n) is 5.77. The van der Waals surface area contributed by atoms with Crippen LogP contribution in [0, 0.1) is 11.6 Å². The summed E-state index contributed by atoms with van der Waals surface area (Å²) in [5.41, 5.74) is 4.85. The largest absolute Gasteiger partial charge is 0.490 e. The maximum Gasteiger partial charge on any atom is 0.201 e. The van der Waals surface area contributed by atoms with Crippen molar-refractivity contribution in [2.24, 2.45) is 0 Å². The molecule has 0 spiro atoms. The Hall–Kier alpha value is -2.46. The Morgan fingerprint density at radius 3 is 2.27 bits per heavy atom. The number of hydrogen-bond donors (Lipinski definition) is 0. The van der Waals surface area contributed by atoms with Crippen molar-refractivity contribution in [3.63, 3.8) is 0 Å². The van der Waals surface area contributed by atoms with Crippen molar-refractivity contribution in [1.82, 2.24) is 0 Å². The predicted octanol–water partition coefficient (Wildman–Crippen LogP) is 9.50. The zero-order chi connectivity index (χ0) is 26.0. The van der Waals surface area contributed by atoms with Crippen molar-refractivity contribution in [2.75, 3.05) is 6.61 Å². The highest BCUT2D eigenvalue weighted by Crippen LogP contribution is 2.36. The topological polar surface area (TPSA) is 9.23 Å². The van der Waals surface area contributed by atoms with Crippen LogP contribution < -0.4 is 4.74 Å². The van der Waals surface area contributed by atoms with E-state index in [4.69, 9.17) is 4.74 Å². The normalized spacial score (nSPS) is 17.6. The van der Waals surface area contributed by atoms with Crippen molar-refractivity contribution in [1.29, 1.82) is 0 Å². The van der Waals surface area contributed by atoms with Crippen LogP contribution in [0.2, 0.25) is 18.1 Å². The number of aryl methyl sites for hydroxylation is 2. The Balaban J connectivity index is 1.37. The van der Waals surface area contributed by atoms with E-state index in [1.54, 1.807) is 18.2 Å². The summed E-state index contributed by atoms with van der Waals surface area (Å²) < 4.78 is 35.0. The van der Waals surface area contributed by atoms with Gasteiger partial charge in [0.15, 0.2) is 11.6 Å². The average Bonchev–Trinajstić information content (AvgIpc) is 2.94. The molecule has 0 bridgehead atoms. The molecular formula is C33H42F2OSi. The van der Waals surface area contributed by atoms with E-state index in [0.29, 0.717) is 12.2 Å². The first-order valence-corrected chi connectivity index (χ1v) is 16.8. The second kappa shape index (κ2) is 13.9. The molecule has 4 rings (SSSR count). The molecule has 1 nitrogen and oxygen atoms in total. The third kappa shape index (κ3) is 7.31. The molecule has 0 aliphatic carbocycles. The zero-order valence-corrected chi connectivity index (χ0v) is 23.7. The highest BCUT2D eigenvalue weighted by atomic mass is 28.3. The van der Waals surface area contributed by atoms with Crippen molar-refractivity contribution in [3.8, 4) is 16.9 Å². The van der Waals surface area contributed by atoms with Gasteiger partial charge >= 0.3 is 0 Å². The van der Waals surface area contributed by atoms with Crippen LogP contribution in [0.25, 0.3) is 11.1 Å². The number of hydrogen-bond acceptors (Lipinski definition) is 1. The Morgan fingerprint density at radius 2 is 1.54 bits per heavy atom. The van der Waals surface area contributed by atoms with Gasteiger partial charge in [-0.3, -0.25) is 0 Å². The smallest absolute Gasteiger partial charge is 0.201 e. The van der Waals surface area contributed by atoms with Crippen LogP contribution in [-0.4, -0.2) is 15.4 Å². The minimum atomic E-state index is -0.908. The van der Waals surface area contributed by atoms with Gasteiger partial charge in [0.1, 0.15) is 0 Å². The maximum atomic E-state index is 15.0. The molecule has 37 heavy (non-hydrogen) atoms. The van der Waals surface area contributed by atoms with E-state index in [-0.39, 0.29) is 5.75 Å². The lowest BCUT2D eigenvalue weighted by Crippen LogP contribution is -2.20. The SMILES string of the molecule is CCCCC[SiH]1CCC(c2ccc(CCc3ccccc3-c3ccc(OCCC)c(F)c3F)cc2)CC1. The van der Waals surface area contributed by atoms with Crippen molar-refractivity contribution >= 4 is 8.80 Å². The lowest BCUT2D eigenvalue weighted by atomic mass is 9.91. The molecular weight excluding hydrogens is 478 g/mol.